The Morgan fingerprint density at radius 2 is 2.06 bits per heavy atom. The molecule has 1 aromatic carbocycles. The average Bonchev–Trinajstić information content (AvgIpc) is 3.11. The molecule has 1 fully saturated rings. The van der Waals surface area contributed by atoms with Crippen molar-refractivity contribution in [1.82, 2.24) is 0 Å². The number of hydrogen-bond acceptors (Lipinski definition) is 2. The first kappa shape index (κ1) is 12.4. The third-order valence-corrected chi connectivity index (χ3v) is 5.97. The minimum atomic E-state index is 0.185. The summed E-state index contributed by atoms with van der Waals surface area (Å²) >= 11 is 5.36. The van der Waals surface area contributed by atoms with Crippen LogP contribution in [0.1, 0.15) is 34.4 Å². The van der Waals surface area contributed by atoms with Gasteiger partial charge in [-0.25, -0.2) is 0 Å². The van der Waals surface area contributed by atoms with Crippen LogP contribution in [0.5, 0.6) is 0 Å². The second kappa shape index (κ2) is 4.80. The van der Waals surface area contributed by atoms with Crippen molar-refractivity contribution in [2.45, 2.75) is 25.3 Å². The van der Waals surface area contributed by atoms with E-state index in [0.717, 1.165) is 0 Å². The Morgan fingerprint density at radius 1 is 1.33 bits per heavy atom. The lowest BCUT2D eigenvalue weighted by molar-refractivity contribution is 0.626. The standard InChI is InChI=1S/C15H16BrNS/c1-9-7-13(18-15(9)16)14(17)12-8-11(12)10-5-3-2-4-6-10/h2-7,11-12,14H,8,17H2,1H3. The molecule has 1 heterocycles. The van der Waals surface area contributed by atoms with Gasteiger partial charge in [0.05, 0.1) is 3.79 Å². The fraction of sp³-hybridized carbons (Fsp3) is 0.333. The van der Waals surface area contributed by atoms with Gasteiger partial charge in [0.15, 0.2) is 0 Å². The highest BCUT2D eigenvalue weighted by Gasteiger charge is 2.43. The van der Waals surface area contributed by atoms with Crippen LogP contribution >= 0.6 is 27.3 Å². The third-order valence-electron chi connectivity index (χ3n) is 3.73. The van der Waals surface area contributed by atoms with E-state index in [1.165, 1.54) is 26.2 Å². The Morgan fingerprint density at radius 3 is 2.67 bits per heavy atom. The lowest BCUT2D eigenvalue weighted by Gasteiger charge is -2.09. The topological polar surface area (TPSA) is 26.0 Å². The van der Waals surface area contributed by atoms with Gasteiger partial charge in [0, 0.05) is 10.9 Å². The Balaban J connectivity index is 1.75. The first-order valence-electron chi connectivity index (χ1n) is 6.23. The molecule has 0 spiro atoms. The molecule has 0 saturated heterocycles. The maximum Gasteiger partial charge on any atom is 0.0731 e. The monoisotopic (exact) mass is 321 g/mol. The summed E-state index contributed by atoms with van der Waals surface area (Å²) in [5, 5.41) is 0. The second-order valence-corrected chi connectivity index (χ2v) is 7.45. The summed E-state index contributed by atoms with van der Waals surface area (Å²) < 4.78 is 1.21. The molecule has 0 bridgehead atoms. The molecule has 94 valence electrons. The Kier molecular flexibility index (Phi) is 3.31. The van der Waals surface area contributed by atoms with Crippen LogP contribution in [0.15, 0.2) is 40.2 Å². The minimum Gasteiger partial charge on any atom is -0.323 e. The molecule has 1 aliphatic carbocycles. The fourth-order valence-corrected chi connectivity index (χ4v) is 4.20. The zero-order valence-electron chi connectivity index (χ0n) is 10.3. The third kappa shape index (κ3) is 2.27. The summed E-state index contributed by atoms with van der Waals surface area (Å²) in [6, 6.07) is 13.1. The largest absolute Gasteiger partial charge is 0.323 e. The SMILES string of the molecule is Cc1cc(C(N)C2CC2c2ccccc2)sc1Br. The maximum absolute atomic E-state index is 6.40. The number of benzene rings is 1. The van der Waals surface area contributed by atoms with Gasteiger partial charge in [-0.05, 0) is 58.3 Å². The van der Waals surface area contributed by atoms with Crippen molar-refractivity contribution in [3.05, 3.63) is 56.2 Å². The molecule has 0 aliphatic heterocycles. The van der Waals surface area contributed by atoms with Crippen molar-refractivity contribution in [2.75, 3.05) is 0 Å². The van der Waals surface area contributed by atoms with Crippen LogP contribution in [0.2, 0.25) is 0 Å². The lowest BCUT2D eigenvalue weighted by Crippen LogP contribution is -2.11. The molecule has 3 rings (SSSR count). The Bertz CT molecular complexity index is 529. The summed E-state index contributed by atoms with van der Waals surface area (Å²) in [6.07, 6.45) is 1.22. The molecule has 1 aliphatic rings. The molecular weight excluding hydrogens is 306 g/mol. The van der Waals surface area contributed by atoms with E-state index in [0.29, 0.717) is 11.8 Å². The van der Waals surface area contributed by atoms with Crippen LogP contribution in [0.3, 0.4) is 0 Å². The van der Waals surface area contributed by atoms with Gasteiger partial charge in [-0.2, -0.15) is 0 Å². The average molecular weight is 322 g/mol. The molecular formula is C15H16BrNS. The zero-order valence-corrected chi connectivity index (χ0v) is 12.7. The van der Waals surface area contributed by atoms with Crippen LogP contribution in [-0.2, 0) is 0 Å². The smallest absolute Gasteiger partial charge is 0.0731 e. The first-order valence-corrected chi connectivity index (χ1v) is 7.84. The van der Waals surface area contributed by atoms with E-state index in [1.54, 1.807) is 11.3 Å². The van der Waals surface area contributed by atoms with E-state index in [1.807, 2.05) is 0 Å². The van der Waals surface area contributed by atoms with E-state index < -0.39 is 0 Å². The summed E-state index contributed by atoms with van der Waals surface area (Å²) in [5.74, 6) is 1.26. The van der Waals surface area contributed by atoms with Gasteiger partial charge in [-0.1, -0.05) is 30.3 Å². The van der Waals surface area contributed by atoms with E-state index in [4.69, 9.17) is 5.73 Å². The van der Waals surface area contributed by atoms with Crippen molar-refractivity contribution < 1.29 is 0 Å². The summed E-state index contributed by atoms with van der Waals surface area (Å²) in [6.45, 7) is 2.12. The molecule has 1 saturated carbocycles. The molecule has 2 aromatic rings. The van der Waals surface area contributed by atoms with E-state index in [2.05, 4.69) is 59.3 Å². The normalized spacial score (nSPS) is 23.9. The number of halogens is 1. The molecule has 3 unspecified atom stereocenters. The number of rotatable bonds is 3. The van der Waals surface area contributed by atoms with Gasteiger partial charge in [-0.3, -0.25) is 0 Å². The van der Waals surface area contributed by atoms with Crippen molar-refractivity contribution in [1.29, 1.82) is 0 Å². The zero-order chi connectivity index (χ0) is 12.7. The number of hydrogen-bond donors (Lipinski definition) is 1. The first-order chi connectivity index (χ1) is 8.66. The molecule has 2 N–H and O–H groups in total. The number of thiophene rings is 1. The number of nitrogens with two attached hydrogens (primary N) is 1. The van der Waals surface area contributed by atoms with Crippen molar-refractivity contribution in [3.63, 3.8) is 0 Å². The summed E-state index contributed by atoms with van der Waals surface area (Å²) in [5.41, 5.74) is 9.13. The predicted octanol–water partition coefficient (Wildman–Crippen LogP) is 4.62. The Hall–Kier alpha value is -0.640. The van der Waals surface area contributed by atoms with Gasteiger partial charge in [-0.15, -0.1) is 11.3 Å². The summed E-state index contributed by atoms with van der Waals surface area (Å²) in [7, 11) is 0. The molecule has 3 heteroatoms. The molecule has 1 aromatic heterocycles. The molecule has 1 nitrogen and oxygen atoms in total. The fourth-order valence-electron chi connectivity index (χ4n) is 2.55. The second-order valence-electron chi connectivity index (χ2n) is 5.05. The van der Waals surface area contributed by atoms with Crippen LogP contribution in [0.4, 0.5) is 0 Å². The van der Waals surface area contributed by atoms with Crippen LogP contribution in [0, 0.1) is 12.8 Å². The van der Waals surface area contributed by atoms with Crippen molar-refractivity contribution >= 4 is 27.3 Å². The van der Waals surface area contributed by atoms with Crippen molar-refractivity contribution in [3.8, 4) is 0 Å². The lowest BCUT2D eigenvalue weighted by atomic mass is 10.0. The van der Waals surface area contributed by atoms with Crippen LogP contribution < -0.4 is 5.73 Å². The Labute approximate surface area is 120 Å². The van der Waals surface area contributed by atoms with Gasteiger partial charge in [0.1, 0.15) is 0 Å². The maximum atomic E-state index is 6.40. The van der Waals surface area contributed by atoms with Crippen molar-refractivity contribution in [2.24, 2.45) is 11.7 Å². The molecule has 0 amide bonds. The molecule has 0 radical (unpaired) electrons. The molecule has 18 heavy (non-hydrogen) atoms. The highest BCUT2D eigenvalue weighted by Crippen LogP contribution is 2.54. The number of aryl methyl sites for hydroxylation is 1. The summed E-state index contributed by atoms with van der Waals surface area (Å²) in [4.78, 5) is 1.31. The van der Waals surface area contributed by atoms with Gasteiger partial charge < -0.3 is 5.73 Å². The highest BCUT2D eigenvalue weighted by atomic mass is 79.9. The van der Waals surface area contributed by atoms with Crippen LogP contribution in [0.25, 0.3) is 0 Å². The van der Waals surface area contributed by atoms with Gasteiger partial charge in [0.2, 0.25) is 0 Å². The van der Waals surface area contributed by atoms with Gasteiger partial charge in [0.25, 0.3) is 0 Å². The predicted molar refractivity (Wildman–Crippen MR) is 81.0 cm³/mol. The van der Waals surface area contributed by atoms with E-state index in [-0.39, 0.29) is 6.04 Å². The minimum absolute atomic E-state index is 0.185. The quantitative estimate of drug-likeness (QED) is 0.876. The van der Waals surface area contributed by atoms with E-state index >= 15 is 0 Å². The van der Waals surface area contributed by atoms with E-state index in [9.17, 15) is 0 Å². The molecule has 3 atom stereocenters. The van der Waals surface area contributed by atoms with Gasteiger partial charge >= 0.3 is 0 Å². The highest BCUT2D eigenvalue weighted by molar-refractivity contribution is 9.11. The van der Waals surface area contributed by atoms with Crippen LogP contribution in [-0.4, -0.2) is 0 Å².